The first-order valence-corrected chi connectivity index (χ1v) is 2.78. The molecule has 1 radical (unpaired) electrons. The molecular formula is C7H9N2Nb-. The van der Waals surface area contributed by atoms with Crippen molar-refractivity contribution in [2.45, 2.75) is 0 Å². The van der Waals surface area contributed by atoms with E-state index in [0.717, 1.165) is 11.4 Å². The molecule has 1 rings (SSSR count). The summed E-state index contributed by atoms with van der Waals surface area (Å²) in [6.07, 6.45) is 0. The Kier molecular flexibility index (Phi) is 4.19. The van der Waals surface area contributed by atoms with Gasteiger partial charge in [0.25, 0.3) is 0 Å². The molecule has 0 aliphatic rings. The van der Waals surface area contributed by atoms with Crippen LogP contribution in [0.4, 0.5) is 11.4 Å². The molecule has 0 heterocycles. The second-order valence-corrected chi connectivity index (χ2v) is 1.82. The van der Waals surface area contributed by atoms with Gasteiger partial charge >= 0.3 is 0 Å². The number of nitrogens with zero attached hydrogens (tertiary/aromatic N) is 1. The van der Waals surface area contributed by atoms with Crippen LogP contribution in [0.5, 0.6) is 0 Å². The minimum Gasteiger partial charge on any atom is -0.687 e. The van der Waals surface area contributed by atoms with E-state index in [4.69, 9.17) is 5.73 Å². The van der Waals surface area contributed by atoms with E-state index >= 15 is 0 Å². The van der Waals surface area contributed by atoms with Gasteiger partial charge < -0.3 is 11.1 Å². The van der Waals surface area contributed by atoms with E-state index in [-0.39, 0.29) is 22.4 Å². The summed E-state index contributed by atoms with van der Waals surface area (Å²) < 4.78 is 0. The van der Waals surface area contributed by atoms with Crippen molar-refractivity contribution in [3.8, 4) is 0 Å². The van der Waals surface area contributed by atoms with E-state index in [2.05, 4.69) is 5.32 Å². The number of rotatable bonds is 1. The minimum atomic E-state index is 0. The van der Waals surface area contributed by atoms with Crippen molar-refractivity contribution in [1.29, 1.82) is 0 Å². The quantitative estimate of drug-likeness (QED) is 0.562. The normalized spacial score (nSPS) is 8.10. The first kappa shape index (κ1) is 9.56. The molecule has 3 heteroatoms. The molecule has 2 N–H and O–H groups in total. The number of nitrogens with two attached hydrogens (primary N) is 1. The molecule has 0 aliphatic carbocycles. The molecule has 0 aliphatic heterocycles. The first-order chi connectivity index (χ1) is 4.33. The molecule has 0 amide bonds. The van der Waals surface area contributed by atoms with Crippen molar-refractivity contribution in [3.05, 3.63) is 29.6 Å². The molecule has 1 aromatic carbocycles. The van der Waals surface area contributed by atoms with Crippen LogP contribution < -0.4 is 5.73 Å². The Morgan fingerprint density at radius 1 is 1.20 bits per heavy atom. The third kappa shape index (κ3) is 2.43. The van der Waals surface area contributed by atoms with Crippen molar-refractivity contribution in [3.63, 3.8) is 0 Å². The Morgan fingerprint density at radius 2 is 1.70 bits per heavy atom. The summed E-state index contributed by atoms with van der Waals surface area (Å²) >= 11 is 0. The summed E-state index contributed by atoms with van der Waals surface area (Å²) in [6.45, 7) is 0. The zero-order valence-electron chi connectivity index (χ0n) is 5.78. The van der Waals surface area contributed by atoms with Gasteiger partial charge in [0.1, 0.15) is 0 Å². The SMILES string of the molecule is C[N-]c1ccc(N)cc1.[Nb]. The number of nitrogen functional groups attached to an aromatic ring is 1. The number of anilines is 1. The van der Waals surface area contributed by atoms with Crippen molar-refractivity contribution in [2.75, 3.05) is 12.8 Å². The Hall–Kier alpha value is -0.440. The molecule has 0 atom stereocenters. The van der Waals surface area contributed by atoms with Gasteiger partial charge in [-0.15, -0.1) is 12.7 Å². The summed E-state index contributed by atoms with van der Waals surface area (Å²) in [7, 11) is 1.76. The van der Waals surface area contributed by atoms with Crippen LogP contribution >= 0.6 is 0 Å². The van der Waals surface area contributed by atoms with Crippen LogP contribution in [0.25, 0.3) is 5.32 Å². The Balaban J connectivity index is 0.000000810. The van der Waals surface area contributed by atoms with Gasteiger partial charge in [-0.05, 0) is 12.1 Å². The molecule has 0 fully saturated rings. The minimum absolute atomic E-state index is 0. The van der Waals surface area contributed by atoms with Crippen LogP contribution in [-0.4, -0.2) is 7.05 Å². The van der Waals surface area contributed by atoms with Crippen molar-refractivity contribution >= 4 is 11.4 Å². The Bertz CT molecular complexity index is 183. The van der Waals surface area contributed by atoms with E-state index < -0.39 is 0 Å². The molecule has 0 aromatic heterocycles. The molecule has 0 unspecified atom stereocenters. The summed E-state index contributed by atoms with van der Waals surface area (Å²) in [5, 5.41) is 3.96. The van der Waals surface area contributed by atoms with E-state index in [1.165, 1.54) is 0 Å². The second-order valence-electron chi connectivity index (χ2n) is 1.82. The molecule has 0 saturated heterocycles. The fraction of sp³-hybridized carbons (Fsp3) is 0.143. The van der Waals surface area contributed by atoms with Crippen LogP contribution in [0, 0.1) is 0 Å². The smallest absolute Gasteiger partial charge is 0.0313 e. The number of benzene rings is 1. The largest absolute Gasteiger partial charge is 0.687 e. The van der Waals surface area contributed by atoms with Gasteiger partial charge in [-0.2, -0.15) is 0 Å². The monoisotopic (exact) mass is 214 g/mol. The standard InChI is InChI=1S/C7H9N2.Nb/c1-9-7-4-2-6(8)3-5-7;/h2-5H,8H2,1H3;/q-1;. The topological polar surface area (TPSA) is 40.1 Å². The molecule has 0 saturated carbocycles. The van der Waals surface area contributed by atoms with Crippen LogP contribution in [0.15, 0.2) is 24.3 Å². The zero-order chi connectivity index (χ0) is 6.69. The summed E-state index contributed by atoms with van der Waals surface area (Å²) in [6, 6.07) is 7.44. The average molecular weight is 214 g/mol. The molecule has 1 aromatic rings. The third-order valence-electron chi connectivity index (χ3n) is 1.15. The summed E-state index contributed by atoms with van der Waals surface area (Å²) in [5.74, 6) is 0. The van der Waals surface area contributed by atoms with Crippen molar-refractivity contribution in [1.82, 2.24) is 0 Å². The molecule has 10 heavy (non-hydrogen) atoms. The van der Waals surface area contributed by atoms with Gasteiger partial charge in [-0.25, -0.2) is 0 Å². The zero-order valence-corrected chi connectivity index (χ0v) is 7.98. The molecular weight excluding hydrogens is 205 g/mol. The van der Waals surface area contributed by atoms with Crippen LogP contribution in [0.2, 0.25) is 0 Å². The van der Waals surface area contributed by atoms with Crippen LogP contribution in [0.1, 0.15) is 0 Å². The Morgan fingerprint density at radius 3 is 2.10 bits per heavy atom. The Labute approximate surface area is 76.3 Å². The fourth-order valence-corrected chi connectivity index (χ4v) is 0.623. The maximum absolute atomic E-state index is 5.44. The maximum atomic E-state index is 5.44. The van der Waals surface area contributed by atoms with E-state index in [0.29, 0.717) is 0 Å². The van der Waals surface area contributed by atoms with E-state index in [1.54, 1.807) is 7.05 Å². The van der Waals surface area contributed by atoms with Gasteiger partial charge in [0.05, 0.1) is 0 Å². The van der Waals surface area contributed by atoms with Crippen LogP contribution in [-0.2, 0) is 22.4 Å². The molecule has 0 spiro atoms. The third-order valence-corrected chi connectivity index (χ3v) is 1.15. The predicted octanol–water partition coefficient (Wildman–Crippen LogP) is 1.90. The number of hydrogen-bond donors (Lipinski definition) is 1. The molecule has 0 bridgehead atoms. The average Bonchev–Trinajstić information content (AvgIpc) is 1.90. The van der Waals surface area contributed by atoms with Gasteiger partial charge in [-0.1, -0.05) is 12.1 Å². The van der Waals surface area contributed by atoms with Crippen molar-refractivity contribution < 1.29 is 22.4 Å². The van der Waals surface area contributed by atoms with Crippen molar-refractivity contribution in [2.24, 2.45) is 0 Å². The fourth-order valence-electron chi connectivity index (χ4n) is 0.623. The second kappa shape index (κ2) is 4.39. The summed E-state index contributed by atoms with van der Waals surface area (Å²) in [4.78, 5) is 0. The maximum Gasteiger partial charge on any atom is 0.0313 e. The predicted molar refractivity (Wildman–Crippen MR) is 39.8 cm³/mol. The van der Waals surface area contributed by atoms with Crippen LogP contribution in [0.3, 0.4) is 0 Å². The van der Waals surface area contributed by atoms with Gasteiger partial charge in [0.15, 0.2) is 0 Å². The molecule has 2 nitrogen and oxygen atoms in total. The van der Waals surface area contributed by atoms with Gasteiger partial charge in [-0.3, -0.25) is 0 Å². The number of hydrogen-bond acceptors (Lipinski definition) is 1. The van der Waals surface area contributed by atoms with E-state index in [1.807, 2.05) is 24.3 Å². The van der Waals surface area contributed by atoms with Gasteiger partial charge in [0, 0.05) is 28.1 Å². The first-order valence-electron chi connectivity index (χ1n) is 2.78. The molecule has 53 valence electrons. The van der Waals surface area contributed by atoms with Gasteiger partial charge in [0.2, 0.25) is 0 Å². The van der Waals surface area contributed by atoms with E-state index in [9.17, 15) is 0 Å². The summed E-state index contributed by atoms with van der Waals surface area (Å²) in [5.41, 5.74) is 7.18.